The summed E-state index contributed by atoms with van der Waals surface area (Å²) in [6.07, 6.45) is 0.627. The zero-order valence-corrected chi connectivity index (χ0v) is 9.12. The van der Waals surface area contributed by atoms with E-state index in [0.717, 1.165) is 0 Å². The van der Waals surface area contributed by atoms with Crippen molar-refractivity contribution < 1.29 is 13.2 Å². The first-order valence-corrected chi connectivity index (χ1v) is 6.33. The molecule has 2 saturated heterocycles. The molecule has 2 aliphatic heterocycles. The molecule has 0 radical (unpaired) electrons. The SMILES string of the molecule is CN(C)C(=O)N1CC2CC1CS2(=O)=O. The fourth-order valence-corrected chi connectivity index (χ4v) is 4.21. The Morgan fingerprint density at radius 3 is 2.43 bits per heavy atom. The van der Waals surface area contributed by atoms with Crippen molar-refractivity contribution >= 4 is 15.9 Å². The summed E-state index contributed by atoms with van der Waals surface area (Å²) >= 11 is 0. The lowest BCUT2D eigenvalue weighted by Gasteiger charge is -2.29. The Kier molecular flexibility index (Phi) is 1.99. The number of sulfone groups is 1. The first kappa shape index (κ1) is 9.76. The summed E-state index contributed by atoms with van der Waals surface area (Å²) in [6.45, 7) is 0.379. The lowest BCUT2D eigenvalue weighted by Crippen LogP contribution is -2.48. The van der Waals surface area contributed by atoms with Crippen molar-refractivity contribution in [3.63, 3.8) is 0 Å². The number of fused-ring (bicyclic) bond motifs is 2. The van der Waals surface area contributed by atoms with Gasteiger partial charge in [-0.1, -0.05) is 0 Å². The molecule has 2 fully saturated rings. The normalized spacial score (nSPS) is 33.4. The summed E-state index contributed by atoms with van der Waals surface area (Å²) in [5.74, 6) is 0.150. The number of likely N-dealkylation sites (tertiary alicyclic amines) is 1. The second kappa shape index (κ2) is 2.85. The van der Waals surface area contributed by atoms with E-state index in [1.807, 2.05) is 0 Å². The maximum absolute atomic E-state index is 11.6. The molecule has 14 heavy (non-hydrogen) atoms. The third-order valence-corrected chi connectivity index (χ3v) is 5.14. The third-order valence-electron chi connectivity index (χ3n) is 2.94. The van der Waals surface area contributed by atoms with Crippen LogP contribution >= 0.6 is 0 Å². The van der Waals surface area contributed by atoms with Crippen molar-refractivity contribution in [1.29, 1.82) is 0 Å². The largest absolute Gasteiger partial charge is 0.331 e. The molecule has 5 nitrogen and oxygen atoms in total. The Balaban J connectivity index is 2.14. The molecule has 0 aliphatic carbocycles. The summed E-state index contributed by atoms with van der Waals surface area (Å²) < 4.78 is 22.8. The predicted molar refractivity (Wildman–Crippen MR) is 51.8 cm³/mol. The quantitative estimate of drug-likeness (QED) is 0.553. The molecule has 80 valence electrons. The molecule has 6 heteroatoms. The first-order valence-electron chi connectivity index (χ1n) is 4.61. The highest BCUT2D eigenvalue weighted by atomic mass is 32.2. The number of hydrogen-bond donors (Lipinski definition) is 0. The highest BCUT2D eigenvalue weighted by Crippen LogP contribution is 2.33. The van der Waals surface area contributed by atoms with Gasteiger partial charge in [0.25, 0.3) is 0 Å². The second-order valence-electron chi connectivity index (χ2n) is 4.17. The number of nitrogens with zero attached hydrogens (tertiary/aromatic N) is 2. The first-order chi connectivity index (χ1) is 6.42. The van der Waals surface area contributed by atoms with Crippen molar-refractivity contribution in [3.05, 3.63) is 0 Å². The van der Waals surface area contributed by atoms with Crippen molar-refractivity contribution in [3.8, 4) is 0 Å². The molecule has 2 heterocycles. The van der Waals surface area contributed by atoms with Crippen LogP contribution in [0.5, 0.6) is 0 Å². The van der Waals surface area contributed by atoms with E-state index in [4.69, 9.17) is 0 Å². The average molecular weight is 218 g/mol. The molecule has 2 rings (SSSR count). The lowest BCUT2D eigenvalue weighted by molar-refractivity contribution is 0.168. The molecule has 0 aromatic heterocycles. The number of carbonyl (C=O) groups excluding carboxylic acids is 1. The third kappa shape index (κ3) is 1.28. The van der Waals surface area contributed by atoms with Crippen LogP contribution < -0.4 is 0 Å². The van der Waals surface area contributed by atoms with Gasteiger partial charge in [0.15, 0.2) is 9.84 Å². The van der Waals surface area contributed by atoms with E-state index >= 15 is 0 Å². The van der Waals surface area contributed by atoms with Gasteiger partial charge >= 0.3 is 6.03 Å². The highest BCUT2D eigenvalue weighted by Gasteiger charge is 2.50. The average Bonchev–Trinajstić information content (AvgIpc) is 2.57. The Bertz CT molecular complexity index is 363. The number of urea groups is 1. The van der Waals surface area contributed by atoms with Crippen LogP contribution in [-0.4, -0.2) is 61.9 Å². The van der Waals surface area contributed by atoms with Gasteiger partial charge in [-0.2, -0.15) is 0 Å². The highest BCUT2D eigenvalue weighted by molar-refractivity contribution is 7.92. The Labute approximate surface area is 83.6 Å². The molecule has 0 aromatic carbocycles. The predicted octanol–water partition coefficient (Wildman–Crippen LogP) is -0.461. The minimum Gasteiger partial charge on any atom is -0.331 e. The molecule has 2 unspecified atom stereocenters. The molecule has 0 N–H and O–H groups in total. The Hall–Kier alpha value is -0.780. The van der Waals surface area contributed by atoms with E-state index in [2.05, 4.69) is 0 Å². The summed E-state index contributed by atoms with van der Waals surface area (Å²) in [5, 5.41) is -0.309. The second-order valence-corrected chi connectivity index (χ2v) is 6.50. The Morgan fingerprint density at radius 2 is 2.07 bits per heavy atom. The molecule has 2 aliphatic rings. The van der Waals surface area contributed by atoms with E-state index in [1.165, 1.54) is 4.90 Å². The van der Waals surface area contributed by atoms with Gasteiger partial charge in [0.05, 0.1) is 11.0 Å². The summed E-state index contributed by atoms with van der Waals surface area (Å²) in [7, 11) is 0.475. The van der Waals surface area contributed by atoms with Gasteiger partial charge in [-0.3, -0.25) is 0 Å². The number of rotatable bonds is 0. The van der Waals surface area contributed by atoms with Gasteiger partial charge in [0.1, 0.15) is 0 Å². The van der Waals surface area contributed by atoms with Crippen molar-refractivity contribution in [2.45, 2.75) is 17.7 Å². The molecule has 2 bridgehead atoms. The van der Waals surface area contributed by atoms with Crippen LogP contribution in [0.4, 0.5) is 4.79 Å². The fraction of sp³-hybridized carbons (Fsp3) is 0.875. The smallest absolute Gasteiger partial charge is 0.319 e. The number of amides is 2. The van der Waals surface area contributed by atoms with E-state index < -0.39 is 9.84 Å². The summed E-state index contributed by atoms with van der Waals surface area (Å²) in [4.78, 5) is 14.8. The monoisotopic (exact) mass is 218 g/mol. The molecule has 2 atom stereocenters. The van der Waals surface area contributed by atoms with Gasteiger partial charge in [-0.05, 0) is 6.42 Å². The lowest BCUT2D eigenvalue weighted by atomic mass is 10.2. The topological polar surface area (TPSA) is 57.7 Å². The Morgan fingerprint density at radius 1 is 1.43 bits per heavy atom. The summed E-state index contributed by atoms with van der Waals surface area (Å²) in [6, 6.07) is -0.160. The maximum Gasteiger partial charge on any atom is 0.319 e. The molecule has 2 amide bonds. The van der Waals surface area contributed by atoms with Crippen LogP contribution in [0, 0.1) is 0 Å². The minimum absolute atomic E-state index is 0.0765. The van der Waals surface area contributed by atoms with E-state index in [0.29, 0.717) is 13.0 Å². The molecule has 0 aromatic rings. The fourth-order valence-electron chi connectivity index (χ4n) is 2.19. The zero-order chi connectivity index (χ0) is 10.5. The van der Waals surface area contributed by atoms with Crippen LogP contribution in [0.25, 0.3) is 0 Å². The minimum atomic E-state index is -2.89. The number of hydrogen-bond acceptors (Lipinski definition) is 3. The van der Waals surface area contributed by atoms with Crippen molar-refractivity contribution in [1.82, 2.24) is 9.80 Å². The van der Waals surface area contributed by atoms with Crippen molar-refractivity contribution in [2.24, 2.45) is 0 Å². The molecular formula is C8H14N2O3S. The van der Waals surface area contributed by atoms with Gasteiger partial charge in [-0.25, -0.2) is 13.2 Å². The van der Waals surface area contributed by atoms with Crippen LogP contribution in [-0.2, 0) is 9.84 Å². The summed E-state index contributed by atoms with van der Waals surface area (Å²) in [5.41, 5.74) is 0. The van der Waals surface area contributed by atoms with Gasteiger partial charge in [0.2, 0.25) is 0 Å². The van der Waals surface area contributed by atoms with E-state index in [9.17, 15) is 13.2 Å². The van der Waals surface area contributed by atoms with E-state index in [1.54, 1.807) is 19.0 Å². The molecule has 0 saturated carbocycles. The zero-order valence-electron chi connectivity index (χ0n) is 8.30. The molecular weight excluding hydrogens is 204 g/mol. The molecule has 0 spiro atoms. The standard InChI is InChI=1S/C8H14N2O3S/c1-9(2)8(11)10-4-7-3-6(10)5-14(7,12)13/h6-7H,3-5H2,1-2H3. The van der Waals surface area contributed by atoms with Gasteiger partial charge in [0, 0.05) is 26.7 Å². The van der Waals surface area contributed by atoms with Gasteiger partial charge in [-0.15, -0.1) is 0 Å². The van der Waals surface area contributed by atoms with Crippen LogP contribution in [0.3, 0.4) is 0 Å². The number of carbonyl (C=O) groups is 1. The van der Waals surface area contributed by atoms with Gasteiger partial charge < -0.3 is 9.80 Å². The van der Waals surface area contributed by atoms with Crippen LogP contribution in [0.2, 0.25) is 0 Å². The van der Waals surface area contributed by atoms with Crippen LogP contribution in [0.15, 0.2) is 0 Å². The maximum atomic E-state index is 11.6. The van der Waals surface area contributed by atoms with E-state index in [-0.39, 0.29) is 23.1 Å². The van der Waals surface area contributed by atoms with Crippen LogP contribution in [0.1, 0.15) is 6.42 Å². The van der Waals surface area contributed by atoms with Crippen molar-refractivity contribution in [2.75, 3.05) is 26.4 Å².